The maximum atomic E-state index is 10.8. The smallest absolute Gasteiger partial charge is 0.337 e. The normalized spacial score (nSPS) is 37.2. The third-order valence-electron chi connectivity index (χ3n) is 1.58. The lowest BCUT2D eigenvalue weighted by molar-refractivity contribution is -0.155. The Labute approximate surface area is 63.5 Å². The van der Waals surface area contributed by atoms with Crippen LogP contribution in [0.3, 0.4) is 0 Å². The Kier molecular flexibility index (Phi) is 2.43. The number of aliphatic hydroxyl groups is 2. The number of aliphatic hydroxyl groups excluding tert-OH is 2. The number of hydrogen-bond acceptors (Lipinski definition) is 5. The largest absolute Gasteiger partial charge is 0.467 e. The summed E-state index contributed by atoms with van der Waals surface area (Å²) in [7, 11) is 1.20. The summed E-state index contributed by atoms with van der Waals surface area (Å²) in [4.78, 5) is 10.8. The van der Waals surface area contributed by atoms with Gasteiger partial charge in [-0.05, 0) is 0 Å². The topological polar surface area (TPSA) is 76.0 Å². The van der Waals surface area contributed by atoms with Crippen molar-refractivity contribution < 1.29 is 24.5 Å². The van der Waals surface area contributed by atoms with E-state index < -0.39 is 24.3 Å². The summed E-state index contributed by atoms with van der Waals surface area (Å²) in [5.74, 6) is -0.658. The van der Waals surface area contributed by atoms with E-state index >= 15 is 0 Å². The van der Waals surface area contributed by atoms with Gasteiger partial charge in [-0.2, -0.15) is 0 Å². The van der Waals surface area contributed by atoms with Crippen molar-refractivity contribution in [2.24, 2.45) is 0 Å². The molecule has 0 aromatic heterocycles. The molecule has 1 aliphatic heterocycles. The molecule has 0 unspecified atom stereocenters. The highest BCUT2D eigenvalue weighted by Crippen LogP contribution is 2.14. The second-order valence-corrected chi connectivity index (χ2v) is 2.34. The average molecular weight is 162 g/mol. The lowest BCUT2D eigenvalue weighted by Crippen LogP contribution is -2.36. The number of esters is 1. The zero-order chi connectivity index (χ0) is 8.43. The Morgan fingerprint density at radius 2 is 2.27 bits per heavy atom. The van der Waals surface area contributed by atoms with E-state index in [-0.39, 0.29) is 6.61 Å². The van der Waals surface area contributed by atoms with Crippen molar-refractivity contribution in [2.75, 3.05) is 13.7 Å². The predicted molar refractivity (Wildman–Crippen MR) is 33.8 cm³/mol. The lowest BCUT2D eigenvalue weighted by atomic mass is 10.1. The van der Waals surface area contributed by atoms with Gasteiger partial charge >= 0.3 is 5.97 Å². The summed E-state index contributed by atoms with van der Waals surface area (Å²) in [6.45, 7) is -0.0269. The summed E-state index contributed by atoms with van der Waals surface area (Å²) >= 11 is 0. The molecule has 1 rings (SSSR count). The number of rotatable bonds is 1. The number of carbonyl (C=O) groups excluding carboxylic acids is 1. The van der Waals surface area contributed by atoms with Crippen LogP contribution < -0.4 is 0 Å². The van der Waals surface area contributed by atoms with Gasteiger partial charge in [-0.3, -0.25) is 0 Å². The van der Waals surface area contributed by atoms with Crippen LogP contribution in [0.4, 0.5) is 0 Å². The van der Waals surface area contributed by atoms with E-state index in [9.17, 15) is 4.79 Å². The maximum absolute atomic E-state index is 10.8. The molecule has 1 saturated heterocycles. The summed E-state index contributed by atoms with van der Waals surface area (Å²) in [5, 5.41) is 18.0. The zero-order valence-electron chi connectivity index (χ0n) is 6.06. The van der Waals surface area contributed by atoms with Crippen LogP contribution in [-0.4, -0.2) is 48.2 Å². The highest BCUT2D eigenvalue weighted by Gasteiger charge is 2.40. The lowest BCUT2D eigenvalue weighted by Gasteiger charge is -2.11. The van der Waals surface area contributed by atoms with Crippen molar-refractivity contribution in [3.63, 3.8) is 0 Å². The van der Waals surface area contributed by atoms with Gasteiger partial charge in [0.05, 0.1) is 13.7 Å². The molecule has 1 aliphatic rings. The first-order chi connectivity index (χ1) is 5.16. The van der Waals surface area contributed by atoms with Crippen molar-refractivity contribution in [3.05, 3.63) is 0 Å². The van der Waals surface area contributed by atoms with Crippen LogP contribution in [0.1, 0.15) is 0 Å². The molecule has 3 atom stereocenters. The summed E-state index contributed by atoms with van der Waals surface area (Å²) < 4.78 is 9.07. The molecule has 0 spiro atoms. The minimum atomic E-state index is -1.16. The van der Waals surface area contributed by atoms with Crippen LogP contribution in [0.15, 0.2) is 0 Å². The Balaban J connectivity index is 2.54. The van der Waals surface area contributed by atoms with Crippen LogP contribution in [0.25, 0.3) is 0 Å². The van der Waals surface area contributed by atoms with Crippen molar-refractivity contribution >= 4 is 5.97 Å². The van der Waals surface area contributed by atoms with E-state index in [0.29, 0.717) is 0 Å². The highest BCUT2D eigenvalue weighted by molar-refractivity contribution is 5.75. The molecule has 5 nitrogen and oxygen atoms in total. The van der Waals surface area contributed by atoms with E-state index in [1.165, 1.54) is 7.11 Å². The van der Waals surface area contributed by atoms with Gasteiger partial charge in [0.15, 0.2) is 6.10 Å². The highest BCUT2D eigenvalue weighted by atomic mass is 16.6. The van der Waals surface area contributed by atoms with Crippen LogP contribution in [-0.2, 0) is 14.3 Å². The Morgan fingerprint density at radius 3 is 2.64 bits per heavy atom. The molecule has 0 aromatic rings. The van der Waals surface area contributed by atoms with Crippen LogP contribution in [0.2, 0.25) is 0 Å². The fraction of sp³-hybridized carbons (Fsp3) is 0.833. The average Bonchev–Trinajstić information content (AvgIpc) is 2.32. The molecule has 0 amide bonds. The van der Waals surface area contributed by atoms with Gasteiger partial charge in [0.25, 0.3) is 0 Å². The zero-order valence-corrected chi connectivity index (χ0v) is 6.06. The fourth-order valence-electron chi connectivity index (χ4n) is 0.925. The van der Waals surface area contributed by atoms with Crippen molar-refractivity contribution in [1.29, 1.82) is 0 Å². The predicted octanol–water partition coefficient (Wildman–Crippen LogP) is -1.72. The first kappa shape index (κ1) is 8.45. The molecule has 11 heavy (non-hydrogen) atoms. The van der Waals surface area contributed by atoms with Gasteiger partial charge in [0.2, 0.25) is 0 Å². The first-order valence-electron chi connectivity index (χ1n) is 3.22. The molecule has 5 heteroatoms. The molecule has 2 N–H and O–H groups in total. The van der Waals surface area contributed by atoms with Gasteiger partial charge in [-0.25, -0.2) is 4.79 Å². The van der Waals surface area contributed by atoms with E-state index in [0.717, 1.165) is 0 Å². The minimum Gasteiger partial charge on any atom is -0.467 e. The molecule has 0 bridgehead atoms. The van der Waals surface area contributed by atoms with Crippen molar-refractivity contribution in [3.8, 4) is 0 Å². The van der Waals surface area contributed by atoms with Gasteiger partial charge in [-0.1, -0.05) is 0 Å². The summed E-state index contributed by atoms with van der Waals surface area (Å²) in [5.41, 5.74) is 0. The second kappa shape index (κ2) is 3.17. The first-order valence-corrected chi connectivity index (χ1v) is 3.22. The molecule has 0 aliphatic carbocycles. The van der Waals surface area contributed by atoms with E-state index in [1.807, 2.05) is 0 Å². The quantitative estimate of drug-likeness (QED) is 0.448. The number of methoxy groups -OCH3 is 1. The Morgan fingerprint density at radius 1 is 1.64 bits per heavy atom. The second-order valence-electron chi connectivity index (χ2n) is 2.34. The van der Waals surface area contributed by atoms with Crippen molar-refractivity contribution in [1.82, 2.24) is 0 Å². The molecular formula is C6H10O5. The molecule has 0 aromatic carbocycles. The molecule has 1 heterocycles. The molecule has 64 valence electrons. The third-order valence-corrected chi connectivity index (χ3v) is 1.58. The summed E-state index contributed by atoms with van der Waals surface area (Å²) in [6.07, 6.45) is -3.18. The van der Waals surface area contributed by atoms with E-state index in [1.54, 1.807) is 0 Å². The van der Waals surface area contributed by atoms with Gasteiger partial charge < -0.3 is 19.7 Å². The van der Waals surface area contributed by atoms with Gasteiger partial charge in [0, 0.05) is 0 Å². The van der Waals surface area contributed by atoms with Crippen LogP contribution in [0.5, 0.6) is 0 Å². The Hall–Kier alpha value is -0.650. The molecule has 1 fully saturated rings. The SMILES string of the molecule is COC(=O)[C@@H]1OC[C@@H](O)[C@H]1O. The van der Waals surface area contributed by atoms with E-state index in [2.05, 4.69) is 4.74 Å². The summed E-state index contributed by atoms with van der Waals surface area (Å²) in [6, 6.07) is 0. The van der Waals surface area contributed by atoms with Crippen LogP contribution in [0, 0.1) is 0 Å². The third kappa shape index (κ3) is 1.50. The number of ether oxygens (including phenoxy) is 2. The van der Waals surface area contributed by atoms with E-state index in [4.69, 9.17) is 14.9 Å². The Bertz CT molecular complexity index is 157. The van der Waals surface area contributed by atoms with Crippen LogP contribution >= 0.6 is 0 Å². The fourth-order valence-corrected chi connectivity index (χ4v) is 0.925. The molecule has 0 radical (unpaired) electrons. The molecular weight excluding hydrogens is 152 g/mol. The standard InChI is InChI=1S/C6H10O5/c1-10-6(9)5-4(8)3(7)2-11-5/h3-5,7-8H,2H2,1H3/t3-,4-,5-/m1/s1. The molecule has 0 saturated carbocycles. The van der Waals surface area contributed by atoms with Crippen molar-refractivity contribution in [2.45, 2.75) is 18.3 Å². The number of hydrogen-bond donors (Lipinski definition) is 2. The minimum absolute atomic E-state index is 0.0269. The monoisotopic (exact) mass is 162 g/mol. The van der Waals surface area contributed by atoms with Gasteiger partial charge in [0.1, 0.15) is 12.2 Å². The van der Waals surface area contributed by atoms with Gasteiger partial charge in [-0.15, -0.1) is 0 Å². The maximum Gasteiger partial charge on any atom is 0.337 e. The number of carbonyl (C=O) groups is 1.